The van der Waals surface area contributed by atoms with Crippen molar-refractivity contribution in [2.45, 2.75) is 52.2 Å². The summed E-state index contributed by atoms with van der Waals surface area (Å²) in [5.41, 5.74) is 1.91. The number of hydrogen-bond acceptors (Lipinski definition) is 3. The van der Waals surface area contributed by atoms with Crippen LogP contribution in [0.2, 0.25) is 0 Å². The lowest BCUT2D eigenvalue weighted by Gasteiger charge is -2.33. The minimum absolute atomic E-state index is 0.0117. The summed E-state index contributed by atoms with van der Waals surface area (Å²) in [5.74, 6) is 6.24. The van der Waals surface area contributed by atoms with Crippen LogP contribution in [0.5, 0.6) is 0 Å². The normalized spacial score (nSPS) is 15.9. The molecule has 192 valence electrons. The number of benzene rings is 3. The molecule has 0 bridgehead atoms. The number of fused-ring (bicyclic) bond motifs is 1. The second kappa shape index (κ2) is 12.7. The second-order valence-electron chi connectivity index (χ2n) is 10.5. The lowest BCUT2D eigenvalue weighted by molar-refractivity contribution is -0.127. The van der Waals surface area contributed by atoms with E-state index in [1.165, 1.54) is 21.9 Å². The first-order valence-electron chi connectivity index (χ1n) is 13.4. The van der Waals surface area contributed by atoms with E-state index in [1.807, 2.05) is 26.0 Å². The summed E-state index contributed by atoms with van der Waals surface area (Å²) in [6.07, 6.45) is 5.82. The minimum Gasteiger partial charge on any atom is -0.352 e. The van der Waals surface area contributed by atoms with Gasteiger partial charge in [-0.2, -0.15) is 0 Å². The van der Waals surface area contributed by atoms with Gasteiger partial charge in [0.15, 0.2) is 0 Å². The number of carbonyl (C=O) groups excluding carboxylic acids is 1. The van der Waals surface area contributed by atoms with Crippen LogP contribution in [-0.2, 0) is 11.3 Å². The lowest BCUT2D eigenvalue weighted by atomic mass is 9.92. The Kier molecular flexibility index (Phi) is 9.17. The molecular formula is C33H39N3O. The zero-order valence-electron chi connectivity index (χ0n) is 22.3. The number of hydrogen-bond donors (Lipinski definition) is 2. The maximum atomic E-state index is 12.9. The Morgan fingerprint density at radius 1 is 1.03 bits per heavy atom. The van der Waals surface area contributed by atoms with Gasteiger partial charge < -0.3 is 10.6 Å². The number of piperidine rings is 1. The Morgan fingerprint density at radius 3 is 2.51 bits per heavy atom. The Labute approximate surface area is 222 Å². The third-order valence-electron chi connectivity index (χ3n) is 7.16. The smallest absolute Gasteiger partial charge is 0.237 e. The van der Waals surface area contributed by atoms with Gasteiger partial charge in [0.25, 0.3) is 0 Å². The van der Waals surface area contributed by atoms with Gasteiger partial charge in [0.05, 0.1) is 0 Å². The van der Waals surface area contributed by atoms with Crippen LogP contribution in [0.15, 0.2) is 84.9 Å². The van der Waals surface area contributed by atoms with Crippen LogP contribution >= 0.6 is 0 Å². The second-order valence-corrected chi connectivity index (χ2v) is 10.5. The van der Waals surface area contributed by atoms with Gasteiger partial charge in [0.1, 0.15) is 5.41 Å². The predicted octanol–water partition coefficient (Wildman–Crippen LogP) is 5.86. The quantitative estimate of drug-likeness (QED) is 0.387. The number of nitrogens with one attached hydrogen (secondary N) is 2. The standard InChI is InChI=1S/C33H39N3O/c1-26(30-18-12-16-28-15-8-9-17-31(28)30)34-22-11-5-10-21-33(2,3)32(37)35-29-19-23-36(24-20-29)25-27-13-6-4-7-14-27/h4-9,11-18,26,29,34H,19-20,22-25H2,1-3H3,(H,35,37)/b11-5+/t26-/m1/s1. The molecule has 0 unspecified atom stereocenters. The monoisotopic (exact) mass is 493 g/mol. The summed E-state index contributed by atoms with van der Waals surface area (Å²) in [6.45, 7) is 9.66. The summed E-state index contributed by atoms with van der Waals surface area (Å²) < 4.78 is 0. The van der Waals surface area contributed by atoms with Gasteiger partial charge in [0.2, 0.25) is 5.91 Å². The van der Waals surface area contributed by atoms with E-state index in [9.17, 15) is 4.79 Å². The van der Waals surface area contributed by atoms with Crippen LogP contribution in [0.25, 0.3) is 10.8 Å². The molecule has 0 aliphatic carbocycles. The number of likely N-dealkylation sites (tertiary alicyclic amines) is 1. The van der Waals surface area contributed by atoms with Gasteiger partial charge in [-0.15, -0.1) is 0 Å². The molecule has 1 aliphatic rings. The molecule has 4 rings (SSSR count). The predicted molar refractivity (Wildman–Crippen MR) is 154 cm³/mol. The highest BCUT2D eigenvalue weighted by Gasteiger charge is 2.29. The van der Waals surface area contributed by atoms with Crippen molar-refractivity contribution < 1.29 is 4.79 Å². The van der Waals surface area contributed by atoms with Crippen molar-refractivity contribution in [3.8, 4) is 11.8 Å². The topological polar surface area (TPSA) is 44.4 Å². The van der Waals surface area contributed by atoms with Crippen molar-refractivity contribution in [3.63, 3.8) is 0 Å². The Balaban J connectivity index is 1.20. The molecule has 3 aromatic carbocycles. The average molecular weight is 494 g/mol. The molecule has 1 fully saturated rings. The summed E-state index contributed by atoms with van der Waals surface area (Å²) in [4.78, 5) is 15.4. The lowest BCUT2D eigenvalue weighted by Crippen LogP contribution is -2.47. The molecule has 37 heavy (non-hydrogen) atoms. The molecule has 1 heterocycles. The number of nitrogens with zero attached hydrogens (tertiary/aromatic N) is 1. The van der Waals surface area contributed by atoms with Crippen LogP contribution in [0.1, 0.15) is 50.8 Å². The van der Waals surface area contributed by atoms with E-state index in [4.69, 9.17) is 0 Å². The van der Waals surface area contributed by atoms with E-state index < -0.39 is 5.41 Å². The molecule has 1 atom stereocenters. The summed E-state index contributed by atoms with van der Waals surface area (Å²) in [5, 5.41) is 9.32. The first-order chi connectivity index (χ1) is 17.9. The molecular weight excluding hydrogens is 454 g/mol. The summed E-state index contributed by atoms with van der Waals surface area (Å²) in [7, 11) is 0. The molecule has 1 aliphatic heterocycles. The van der Waals surface area contributed by atoms with Gasteiger partial charge in [-0.3, -0.25) is 9.69 Å². The maximum absolute atomic E-state index is 12.9. The number of allylic oxidation sites excluding steroid dienone is 1. The van der Waals surface area contributed by atoms with E-state index in [0.717, 1.165) is 32.5 Å². The van der Waals surface area contributed by atoms with Crippen molar-refractivity contribution in [1.82, 2.24) is 15.5 Å². The van der Waals surface area contributed by atoms with Gasteiger partial charge in [-0.05, 0) is 61.6 Å². The van der Waals surface area contributed by atoms with E-state index in [2.05, 4.69) is 107 Å². The van der Waals surface area contributed by atoms with E-state index in [-0.39, 0.29) is 18.0 Å². The highest BCUT2D eigenvalue weighted by atomic mass is 16.2. The molecule has 1 saturated heterocycles. The van der Waals surface area contributed by atoms with Crippen molar-refractivity contribution in [1.29, 1.82) is 0 Å². The Hall–Kier alpha value is -3.39. The molecule has 0 saturated carbocycles. The van der Waals surface area contributed by atoms with Crippen LogP contribution in [0.4, 0.5) is 0 Å². The largest absolute Gasteiger partial charge is 0.352 e. The maximum Gasteiger partial charge on any atom is 0.237 e. The third-order valence-corrected chi connectivity index (χ3v) is 7.16. The molecule has 2 N–H and O–H groups in total. The van der Waals surface area contributed by atoms with Crippen LogP contribution in [0, 0.1) is 17.3 Å². The SMILES string of the molecule is C[C@@H](NC/C=C/C#CC(C)(C)C(=O)NC1CCN(Cc2ccccc2)CC1)c1cccc2ccccc12. The summed E-state index contributed by atoms with van der Waals surface area (Å²) in [6, 6.07) is 25.9. The van der Waals surface area contributed by atoms with Crippen LogP contribution in [-0.4, -0.2) is 36.5 Å². The molecule has 0 radical (unpaired) electrons. The fourth-order valence-electron chi connectivity index (χ4n) is 4.82. The van der Waals surface area contributed by atoms with Gasteiger partial charge >= 0.3 is 0 Å². The first-order valence-corrected chi connectivity index (χ1v) is 13.4. The van der Waals surface area contributed by atoms with Crippen molar-refractivity contribution in [3.05, 3.63) is 96.1 Å². The number of carbonyl (C=O) groups is 1. The van der Waals surface area contributed by atoms with Crippen molar-refractivity contribution in [2.24, 2.45) is 5.41 Å². The first kappa shape index (κ1) is 26.7. The zero-order chi connectivity index (χ0) is 26.1. The van der Waals surface area contributed by atoms with Gasteiger partial charge in [-0.25, -0.2) is 0 Å². The fourth-order valence-corrected chi connectivity index (χ4v) is 4.82. The van der Waals surface area contributed by atoms with E-state index in [0.29, 0.717) is 6.54 Å². The van der Waals surface area contributed by atoms with E-state index in [1.54, 1.807) is 0 Å². The third kappa shape index (κ3) is 7.55. The van der Waals surface area contributed by atoms with Gasteiger partial charge in [0, 0.05) is 38.3 Å². The molecule has 1 amide bonds. The molecule has 0 spiro atoms. The highest BCUT2D eigenvalue weighted by molar-refractivity contribution is 5.86. The van der Waals surface area contributed by atoms with Crippen LogP contribution in [0.3, 0.4) is 0 Å². The van der Waals surface area contributed by atoms with E-state index >= 15 is 0 Å². The Morgan fingerprint density at radius 2 is 1.73 bits per heavy atom. The summed E-state index contributed by atoms with van der Waals surface area (Å²) >= 11 is 0. The zero-order valence-corrected chi connectivity index (χ0v) is 22.3. The minimum atomic E-state index is -0.727. The molecule has 4 nitrogen and oxygen atoms in total. The highest BCUT2D eigenvalue weighted by Crippen LogP contribution is 2.24. The van der Waals surface area contributed by atoms with Gasteiger partial charge in [-0.1, -0.05) is 90.7 Å². The fraction of sp³-hybridized carbons (Fsp3) is 0.364. The Bertz CT molecular complexity index is 1260. The number of amides is 1. The molecule has 0 aromatic heterocycles. The molecule has 4 heteroatoms. The van der Waals surface area contributed by atoms with Crippen molar-refractivity contribution >= 4 is 16.7 Å². The average Bonchev–Trinajstić information content (AvgIpc) is 2.91. The number of rotatable bonds is 8. The van der Waals surface area contributed by atoms with Crippen molar-refractivity contribution in [2.75, 3.05) is 19.6 Å². The van der Waals surface area contributed by atoms with Crippen LogP contribution < -0.4 is 10.6 Å². The molecule has 3 aromatic rings.